The summed E-state index contributed by atoms with van der Waals surface area (Å²) in [6, 6.07) is 0.995. The van der Waals surface area contributed by atoms with Crippen LogP contribution in [0.5, 0.6) is 0 Å². The summed E-state index contributed by atoms with van der Waals surface area (Å²) in [7, 11) is 0. The van der Waals surface area contributed by atoms with Crippen molar-refractivity contribution in [3.8, 4) is 0 Å². The highest BCUT2D eigenvalue weighted by Gasteiger charge is 2.49. The molecule has 0 radical (unpaired) electrons. The van der Waals surface area contributed by atoms with Crippen LogP contribution in [-0.4, -0.2) is 31.0 Å². The lowest BCUT2D eigenvalue weighted by Crippen LogP contribution is -2.56. The molecule has 4 heteroatoms. The lowest BCUT2D eigenvalue weighted by Gasteiger charge is -2.38. The molecular weight excluding hydrogens is 142 g/mol. The van der Waals surface area contributed by atoms with Crippen LogP contribution in [0.3, 0.4) is 0 Å². The molecule has 1 spiro atoms. The number of rotatable bonds is 0. The molecule has 2 bridgehead atoms. The van der Waals surface area contributed by atoms with Crippen molar-refractivity contribution in [2.24, 2.45) is 10.2 Å². The summed E-state index contributed by atoms with van der Waals surface area (Å²) in [4.78, 5) is 0. The quantitative estimate of drug-likeness (QED) is 0.544. The zero-order valence-corrected chi connectivity index (χ0v) is 6.29. The van der Waals surface area contributed by atoms with Gasteiger partial charge in [0.2, 0.25) is 0 Å². The van der Waals surface area contributed by atoms with Crippen molar-refractivity contribution in [1.82, 2.24) is 5.32 Å². The molecule has 3 heterocycles. The predicted octanol–water partition coefficient (Wildman–Crippen LogP) is 0.299. The molecule has 11 heavy (non-hydrogen) atoms. The van der Waals surface area contributed by atoms with E-state index in [1.165, 1.54) is 0 Å². The molecule has 0 aromatic carbocycles. The van der Waals surface area contributed by atoms with Gasteiger partial charge in [-0.05, 0) is 0 Å². The normalized spacial score (nSPS) is 44.4. The topological polar surface area (TPSA) is 46.0 Å². The molecule has 0 aromatic rings. The van der Waals surface area contributed by atoms with E-state index in [2.05, 4.69) is 15.5 Å². The minimum absolute atomic E-state index is 0.0321. The maximum atomic E-state index is 5.41. The maximum absolute atomic E-state index is 5.41. The molecule has 2 saturated heterocycles. The second-order valence-corrected chi connectivity index (χ2v) is 3.69. The first-order valence-electron chi connectivity index (χ1n) is 4.14. The molecule has 0 aliphatic carbocycles. The molecule has 3 aliphatic heterocycles. The van der Waals surface area contributed by atoms with E-state index in [1.54, 1.807) is 0 Å². The standard InChI is InChI=1S/C7H11N3O/c1-5-3-11-4-6(8-5)2-7(1)9-10-7/h5-6,8H,1-4H2. The molecule has 2 atom stereocenters. The van der Waals surface area contributed by atoms with Gasteiger partial charge in [-0.15, -0.1) is 0 Å². The summed E-state index contributed by atoms with van der Waals surface area (Å²) in [5, 5.41) is 11.7. The SMILES string of the molecule is C1OCC2CC3(CC1N2)N=N3. The van der Waals surface area contributed by atoms with Crippen molar-refractivity contribution in [3.05, 3.63) is 0 Å². The van der Waals surface area contributed by atoms with Gasteiger partial charge in [0.25, 0.3) is 0 Å². The zero-order chi connectivity index (χ0) is 7.31. The van der Waals surface area contributed by atoms with E-state index >= 15 is 0 Å². The Labute approximate surface area is 65.0 Å². The monoisotopic (exact) mass is 153 g/mol. The average Bonchev–Trinajstić information content (AvgIpc) is 2.68. The van der Waals surface area contributed by atoms with Crippen molar-refractivity contribution in [2.75, 3.05) is 13.2 Å². The highest BCUT2D eigenvalue weighted by atomic mass is 16.5. The third-order valence-electron chi connectivity index (χ3n) is 2.64. The Morgan fingerprint density at radius 2 is 1.82 bits per heavy atom. The molecule has 4 nitrogen and oxygen atoms in total. The number of hydrogen-bond donors (Lipinski definition) is 1. The predicted molar refractivity (Wildman–Crippen MR) is 38.4 cm³/mol. The summed E-state index contributed by atoms with van der Waals surface area (Å²) < 4.78 is 5.41. The van der Waals surface area contributed by atoms with Gasteiger partial charge in [0.1, 0.15) is 0 Å². The van der Waals surface area contributed by atoms with E-state index in [4.69, 9.17) is 4.74 Å². The van der Waals surface area contributed by atoms with Crippen molar-refractivity contribution in [3.63, 3.8) is 0 Å². The largest absolute Gasteiger partial charge is 0.378 e. The van der Waals surface area contributed by atoms with Gasteiger partial charge in [-0.3, -0.25) is 0 Å². The minimum Gasteiger partial charge on any atom is -0.378 e. The van der Waals surface area contributed by atoms with E-state index in [-0.39, 0.29) is 5.66 Å². The van der Waals surface area contributed by atoms with Gasteiger partial charge in [0.05, 0.1) is 13.2 Å². The molecule has 2 fully saturated rings. The molecule has 3 rings (SSSR count). The fraction of sp³-hybridized carbons (Fsp3) is 1.00. The molecule has 60 valence electrons. The first-order chi connectivity index (χ1) is 5.36. The number of ether oxygens (including phenoxy) is 1. The average molecular weight is 153 g/mol. The number of fused-ring (bicyclic) bond motifs is 2. The van der Waals surface area contributed by atoms with Crippen LogP contribution >= 0.6 is 0 Å². The summed E-state index contributed by atoms with van der Waals surface area (Å²) in [5.74, 6) is 0. The fourth-order valence-corrected chi connectivity index (χ4v) is 2.12. The number of nitrogens with one attached hydrogen (secondary N) is 1. The number of nitrogens with zero attached hydrogens (tertiary/aromatic N) is 2. The first-order valence-corrected chi connectivity index (χ1v) is 4.14. The molecular formula is C7H11N3O. The number of piperidine rings is 1. The van der Waals surface area contributed by atoms with Crippen molar-refractivity contribution >= 4 is 0 Å². The smallest absolute Gasteiger partial charge is 0.194 e. The second-order valence-electron chi connectivity index (χ2n) is 3.69. The van der Waals surface area contributed by atoms with Crippen LogP contribution in [0, 0.1) is 0 Å². The molecule has 0 saturated carbocycles. The van der Waals surface area contributed by atoms with Gasteiger partial charge < -0.3 is 10.1 Å². The van der Waals surface area contributed by atoms with Gasteiger partial charge in [0, 0.05) is 24.9 Å². The molecule has 3 aliphatic rings. The van der Waals surface area contributed by atoms with Crippen LogP contribution in [0.25, 0.3) is 0 Å². The molecule has 0 amide bonds. The van der Waals surface area contributed by atoms with E-state index in [0.29, 0.717) is 12.1 Å². The van der Waals surface area contributed by atoms with E-state index in [9.17, 15) is 0 Å². The first kappa shape index (κ1) is 6.08. The highest BCUT2D eigenvalue weighted by Crippen LogP contribution is 2.41. The summed E-state index contributed by atoms with van der Waals surface area (Å²) >= 11 is 0. The number of hydrogen-bond acceptors (Lipinski definition) is 4. The van der Waals surface area contributed by atoms with Gasteiger partial charge in [-0.2, -0.15) is 10.2 Å². The van der Waals surface area contributed by atoms with Crippen LogP contribution in [0.1, 0.15) is 12.8 Å². The third kappa shape index (κ3) is 0.895. The van der Waals surface area contributed by atoms with Gasteiger partial charge in [0.15, 0.2) is 5.66 Å². The Hall–Kier alpha value is -0.480. The van der Waals surface area contributed by atoms with Crippen LogP contribution in [0.15, 0.2) is 10.2 Å². The third-order valence-corrected chi connectivity index (χ3v) is 2.64. The van der Waals surface area contributed by atoms with E-state index in [0.717, 1.165) is 26.1 Å². The Morgan fingerprint density at radius 1 is 1.18 bits per heavy atom. The van der Waals surface area contributed by atoms with Crippen molar-refractivity contribution < 1.29 is 4.74 Å². The van der Waals surface area contributed by atoms with Crippen LogP contribution in [-0.2, 0) is 4.74 Å². The van der Waals surface area contributed by atoms with Gasteiger partial charge >= 0.3 is 0 Å². The Balaban J connectivity index is 1.79. The maximum Gasteiger partial charge on any atom is 0.194 e. The Kier molecular flexibility index (Phi) is 1.00. The zero-order valence-electron chi connectivity index (χ0n) is 6.29. The summed E-state index contributed by atoms with van der Waals surface area (Å²) in [5.41, 5.74) is 0.0321. The van der Waals surface area contributed by atoms with Crippen molar-refractivity contribution in [2.45, 2.75) is 30.6 Å². The summed E-state index contributed by atoms with van der Waals surface area (Å²) in [6.07, 6.45) is 2.09. The molecule has 2 unspecified atom stereocenters. The van der Waals surface area contributed by atoms with E-state index < -0.39 is 0 Å². The minimum atomic E-state index is 0.0321. The van der Waals surface area contributed by atoms with Crippen LogP contribution in [0.4, 0.5) is 0 Å². The molecule has 1 N–H and O–H groups in total. The van der Waals surface area contributed by atoms with E-state index in [1.807, 2.05) is 0 Å². The van der Waals surface area contributed by atoms with Crippen LogP contribution < -0.4 is 5.32 Å². The fourth-order valence-electron chi connectivity index (χ4n) is 2.12. The summed E-state index contributed by atoms with van der Waals surface area (Å²) in [6.45, 7) is 1.67. The highest BCUT2D eigenvalue weighted by molar-refractivity contribution is 5.05. The number of morpholine rings is 1. The Morgan fingerprint density at radius 3 is 2.36 bits per heavy atom. The van der Waals surface area contributed by atoms with Crippen molar-refractivity contribution in [1.29, 1.82) is 0 Å². The lowest BCUT2D eigenvalue weighted by atomic mass is 9.90. The molecule has 0 aromatic heterocycles. The Bertz CT molecular complexity index is 196. The second kappa shape index (κ2) is 1.81. The van der Waals surface area contributed by atoms with Gasteiger partial charge in [-0.25, -0.2) is 0 Å². The van der Waals surface area contributed by atoms with Gasteiger partial charge in [-0.1, -0.05) is 0 Å². The van der Waals surface area contributed by atoms with Crippen LogP contribution in [0.2, 0.25) is 0 Å². The lowest BCUT2D eigenvalue weighted by molar-refractivity contribution is 0.0129.